The topological polar surface area (TPSA) is 106 Å². The van der Waals surface area contributed by atoms with E-state index in [9.17, 15) is 9.59 Å². The van der Waals surface area contributed by atoms with E-state index < -0.39 is 0 Å². The van der Waals surface area contributed by atoms with E-state index in [0.29, 0.717) is 29.2 Å². The lowest BCUT2D eigenvalue weighted by Crippen LogP contribution is -2.28. The van der Waals surface area contributed by atoms with Gasteiger partial charge in [0.1, 0.15) is 5.69 Å². The first-order chi connectivity index (χ1) is 13.0. The number of carbonyl (C=O) groups is 2. The molecule has 3 N–H and O–H groups in total. The number of carbonyl (C=O) groups excluding carboxylic acids is 2. The Balaban J connectivity index is 1.79. The zero-order valence-electron chi connectivity index (χ0n) is 15.4. The SMILES string of the molecule is CCNC(=O)Nc1cccc(NC(=O)c2cn(C)nc2-c2cnn(C)c2)c1. The van der Waals surface area contributed by atoms with Gasteiger partial charge in [-0.3, -0.25) is 14.2 Å². The van der Waals surface area contributed by atoms with Gasteiger partial charge in [0.25, 0.3) is 5.91 Å². The number of nitrogens with one attached hydrogen (secondary N) is 3. The Morgan fingerprint density at radius 1 is 1.07 bits per heavy atom. The molecule has 0 bridgehead atoms. The van der Waals surface area contributed by atoms with E-state index in [-0.39, 0.29) is 11.9 Å². The number of benzene rings is 1. The predicted octanol–water partition coefficient (Wildman–Crippen LogP) is 2.21. The van der Waals surface area contributed by atoms with Gasteiger partial charge in [0.05, 0.1) is 11.8 Å². The molecule has 0 saturated carbocycles. The molecule has 9 nitrogen and oxygen atoms in total. The molecule has 0 aliphatic rings. The maximum atomic E-state index is 12.8. The Hall–Kier alpha value is -3.62. The fourth-order valence-corrected chi connectivity index (χ4v) is 2.62. The van der Waals surface area contributed by atoms with Crippen molar-refractivity contribution >= 4 is 23.3 Å². The summed E-state index contributed by atoms with van der Waals surface area (Å²) in [5.41, 5.74) is 2.90. The lowest BCUT2D eigenvalue weighted by atomic mass is 10.1. The van der Waals surface area contributed by atoms with Crippen LogP contribution >= 0.6 is 0 Å². The lowest BCUT2D eigenvalue weighted by molar-refractivity contribution is 0.102. The second-order valence-electron chi connectivity index (χ2n) is 5.99. The van der Waals surface area contributed by atoms with Crippen molar-refractivity contribution in [2.45, 2.75) is 6.92 Å². The van der Waals surface area contributed by atoms with Crippen molar-refractivity contribution in [3.63, 3.8) is 0 Å². The second-order valence-corrected chi connectivity index (χ2v) is 5.99. The van der Waals surface area contributed by atoms with Crippen LogP contribution in [0.3, 0.4) is 0 Å². The van der Waals surface area contributed by atoms with Crippen LogP contribution in [0.15, 0.2) is 42.9 Å². The molecule has 0 atom stereocenters. The zero-order valence-corrected chi connectivity index (χ0v) is 15.4. The van der Waals surface area contributed by atoms with E-state index in [4.69, 9.17) is 0 Å². The van der Waals surface area contributed by atoms with Crippen LogP contribution in [0.5, 0.6) is 0 Å². The summed E-state index contributed by atoms with van der Waals surface area (Å²) < 4.78 is 3.24. The number of hydrogen-bond acceptors (Lipinski definition) is 4. The summed E-state index contributed by atoms with van der Waals surface area (Å²) in [5.74, 6) is -0.294. The van der Waals surface area contributed by atoms with Crippen molar-refractivity contribution in [1.82, 2.24) is 24.9 Å². The number of amides is 3. The summed E-state index contributed by atoms with van der Waals surface area (Å²) in [6, 6.07) is 6.64. The molecule has 1 aromatic carbocycles. The fourth-order valence-electron chi connectivity index (χ4n) is 2.62. The summed E-state index contributed by atoms with van der Waals surface area (Å²) >= 11 is 0. The molecule has 140 valence electrons. The van der Waals surface area contributed by atoms with Gasteiger partial charge in [-0.25, -0.2) is 4.79 Å². The highest BCUT2D eigenvalue weighted by molar-refractivity contribution is 6.08. The maximum absolute atomic E-state index is 12.8. The molecule has 0 aliphatic carbocycles. The van der Waals surface area contributed by atoms with Crippen molar-refractivity contribution in [3.05, 3.63) is 48.4 Å². The summed E-state index contributed by atoms with van der Waals surface area (Å²) in [6.45, 7) is 2.37. The van der Waals surface area contributed by atoms with Crippen molar-refractivity contribution in [3.8, 4) is 11.3 Å². The average molecular weight is 367 g/mol. The van der Waals surface area contributed by atoms with Gasteiger partial charge in [0, 0.05) is 50.0 Å². The van der Waals surface area contributed by atoms with Gasteiger partial charge in [-0.05, 0) is 25.1 Å². The van der Waals surface area contributed by atoms with E-state index in [1.54, 1.807) is 66.3 Å². The third-order valence-electron chi connectivity index (χ3n) is 3.77. The second kappa shape index (κ2) is 7.73. The Labute approximate surface area is 156 Å². The molecule has 0 radical (unpaired) electrons. The first-order valence-corrected chi connectivity index (χ1v) is 8.45. The van der Waals surface area contributed by atoms with Crippen molar-refractivity contribution in [1.29, 1.82) is 0 Å². The number of aryl methyl sites for hydroxylation is 2. The molecule has 9 heteroatoms. The van der Waals surface area contributed by atoms with Crippen molar-refractivity contribution in [2.75, 3.05) is 17.2 Å². The van der Waals surface area contributed by atoms with Crippen molar-refractivity contribution < 1.29 is 9.59 Å². The van der Waals surface area contributed by atoms with Crippen LogP contribution < -0.4 is 16.0 Å². The molecule has 0 fully saturated rings. The molecule has 27 heavy (non-hydrogen) atoms. The normalized spacial score (nSPS) is 10.5. The highest BCUT2D eigenvalue weighted by Crippen LogP contribution is 2.23. The van der Waals surface area contributed by atoms with Crippen LogP contribution in [-0.4, -0.2) is 38.0 Å². The number of urea groups is 1. The molecule has 0 saturated heterocycles. The van der Waals surface area contributed by atoms with Gasteiger partial charge in [-0.15, -0.1) is 0 Å². The smallest absolute Gasteiger partial charge is 0.319 e. The van der Waals surface area contributed by atoms with Crippen molar-refractivity contribution in [2.24, 2.45) is 14.1 Å². The third kappa shape index (κ3) is 4.32. The van der Waals surface area contributed by atoms with Gasteiger partial charge < -0.3 is 16.0 Å². The minimum atomic E-state index is -0.299. The van der Waals surface area contributed by atoms with Gasteiger partial charge in [-0.1, -0.05) is 6.07 Å². The predicted molar refractivity (Wildman–Crippen MR) is 103 cm³/mol. The van der Waals surface area contributed by atoms with E-state index in [0.717, 1.165) is 5.56 Å². The van der Waals surface area contributed by atoms with E-state index in [2.05, 4.69) is 26.1 Å². The molecule has 3 rings (SSSR count). The van der Waals surface area contributed by atoms with Crippen LogP contribution in [0.1, 0.15) is 17.3 Å². The Morgan fingerprint density at radius 3 is 2.48 bits per heavy atom. The highest BCUT2D eigenvalue weighted by Gasteiger charge is 2.18. The lowest BCUT2D eigenvalue weighted by Gasteiger charge is -2.09. The molecular formula is C18H21N7O2. The highest BCUT2D eigenvalue weighted by atomic mass is 16.2. The van der Waals surface area contributed by atoms with E-state index >= 15 is 0 Å². The molecule has 0 spiro atoms. The van der Waals surface area contributed by atoms with Gasteiger partial charge >= 0.3 is 6.03 Å². The monoisotopic (exact) mass is 367 g/mol. The number of aromatic nitrogens is 4. The zero-order chi connectivity index (χ0) is 19.4. The van der Waals surface area contributed by atoms with Crippen LogP contribution in [0.2, 0.25) is 0 Å². The van der Waals surface area contributed by atoms with Gasteiger partial charge in [-0.2, -0.15) is 10.2 Å². The van der Waals surface area contributed by atoms with Crippen LogP contribution in [0.25, 0.3) is 11.3 Å². The molecule has 3 amide bonds. The number of anilines is 2. The largest absolute Gasteiger partial charge is 0.338 e. The first-order valence-electron chi connectivity index (χ1n) is 8.45. The molecule has 0 unspecified atom stereocenters. The summed E-state index contributed by atoms with van der Waals surface area (Å²) in [6.07, 6.45) is 5.13. The maximum Gasteiger partial charge on any atom is 0.319 e. The minimum absolute atomic E-state index is 0.294. The van der Waals surface area contributed by atoms with Gasteiger partial charge in [0.15, 0.2) is 0 Å². The summed E-state index contributed by atoms with van der Waals surface area (Å²) in [7, 11) is 3.56. The quantitative estimate of drug-likeness (QED) is 0.643. The molecular weight excluding hydrogens is 346 g/mol. The molecule has 3 aromatic rings. The first kappa shape index (κ1) is 18.2. The van der Waals surface area contributed by atoms with E-state index in [1.807, 2.05) is 6.92 Å². The van der Waals surface area contributed by atoms with Crippen LogP contribution in [0, 0.1) is 0 Å². The number of hydrogen-bond donors (Lipinski definition) is 3. The summed E-state index contributed by atoms with van der Waals surface area (Å²) in [5, 5.41) is 16.7. The van der Waals surface area contributed by atoms with Crippen LogP contribution in [-0.2, 0) is 14.1 Å². The molecule has 2 heterocycles. The van der Waals surface area contributed by atoms with Crippen LogP contribution in [0.4, 0.5) is 16.2 Å². The average Bonchev–Trinajstić information content (AvgIpc) is 3.21. The Morgan fingerprint density at radius 2 is 1.81 bits per heavy atom. The standard InChI is InChI=1S/C18H21N7O2/c1-4-19-18(27)22-14-7-5-6-13(8-14)21-17(26)15-11-25(3)23-16(15)12-9-20-24(2)10-12/h5-11H,4H2,1-3H3,(H,21,26)(H2,19,22,27). The summed E-state index contributed by atoms with van der Waals surface area (Å²) in [4.78, 5) is 24.4. The fraction of sp³-hybridized carbons (Fsp3) is 0.222. The Bertz CT molecular complexity index is 974. The molecule has 0 aliphatic heterocycles. The minimum Gasteiger partial charge on any atom is -0.338 e. The van der Waals surface area contributed by atoms with E-state index in [1.165, 1.54) is 0 Å². The third-order valence-corrected chi connectivity index (χ3v) is 3.77. The van der Waals surface area contributed by atoms with Gasteiger partial charge in [0.2, 0.25) is 0 Å². The number of rotatable bonds is 5. The Kier molecular flexibility index (Phi) is 5.20. The number of nitrogens with zero attached hydrogens (tertiary/aromatic N) is 4. The molecule has 2 aromatic heterocycles.